The summed E-state index contributed by atoms with van der Waals surface area (Å²) in [5.74, 6) is -1.41. The van der Waals surface area contributed by atoms with Crippen molar-refractivity contribution in [1.29, 1.82) is 0 Å². The molecule has 0 fully saturated rings. The maximum atomic E-state index is 13.4. The number of aromatic nitrogens is 2. The zero-order valence-corrected chi connectivity index (χ0v) is 9.82. The van der Waals surface area contributed by atoms with Gasteiger partial charge in [0.15, 0.2) is 0 Å². The first kappa shape index (κ1) is 13.5. The van der Waals surface area contributed by atoms with Gasteiger partial charge in [0.1, 0.15) is 11.9 Å². The lowest BCUT2D eigenvalue weighted by Crippen LogP contribution is -2.10. The molecule has 0 saturated heterocycles. The maximum Gasteiger partial charge on any atom is 0.419 e. The number of aryl methyl sites for hydroxylation is 1. The molecule has 102 valence electrons. The van der Waals surface area contributed by atoms with Crippen molar-refractivity contribution in [3.63, 3.8) is 0 Å². The van der Waals surface area contributed by atoms with Gasteiger partial charge in [-0.25, -0.2) is 9.37 Å². The molecule has 1 aromatic carbocycles. The first-order valence-corrected chi connectivity index (χ1v) is 5.31. The molecule has 1 heterocycles. The highest BCUT2D eigenvalue weighted by atomic mass is 19.4. The molecule has 1 unspecified atom stereocenters. The van der Waals surface area contributed by atoms with Gasteiger partial charge in [0.25, 0.3) is 0 Å². The van der Waals surface area contributed by atoms with Crippen molar-refractivity contribution in [2.24, 2.45) is 7.05 Å². The molecule has 2 aromatic rings. The van der Waals surface area contributed by atoms with Crippen LogP contribution >= 0.6 is 0 Å². The van der Waals surface area contributed by atoms with Gasteiger partial charge in [-0.1, -0.05) is 6.07 Å². The van der Waals surface area contributed by atoms with Crippen LogP contribution in [0.15, 0.2) is 30.7 Å². The SMILES string of the molecule is Cn1cncc1C(O)c1ccc(C(F)(F)F)c(F)c1. The summed E-state index contributed by atoms with van der Waals surface area (Å²) in [6.45, 7) is 0. The number of aliphatic hydroxyl groups is 1. The van der Waals surface area contributed by atoms with E-state index in [1.165, 1.54) is 17.1 Å². The van der Waals surface area contributed by atoms with Gasteiger partial charge in [0.2, 0.25) is 0 Å². The van der Waals surface area contributed by atoms with Crippen LogP contribution in [0.25, 0.3) is 0 Å². The predicted molar refractivity (Wildman–Crippen MR) is 58.7 cm³/mol. The van der Waals surface area contributed by atoms with E-state index < -0.39 is 23.7 Å². The normalized spacial score (nSPS) is 13.6. The van der Waals surface area contributed by atoms with Crippen LogP contribution in [-0.2, 0) is 13.2 Å². The molecule has 3 nitrogen and oxygen atoms in total. The van der Waals surface area contributed by atoms with Gasteiger partial charge in [0.05, 0.1) is 23.8 Å². The predicted octanol–water partition coefficient (Wildman–Crippen LogP) is 2.66. The summed E-state index contributed by atoms with van der Waals surface area (Å²) < 4.78 is 52.1. The van der Waals surface area contributed by atoms with Crippen LogP contribution in [0.1, 0.15) is 22.9 Å². The van der Waals surface area contributed by atoms with Crippen molar-refractivity contribution >= 4 is 0 Å². The third kappa shape index (κ3) is 2.60. The van der Waals surface area contributed by atoms with Gasteiger partial charge in [-0.05, 0) is 17.7 Å². The molecule has 19 heavy (non-hydrogen) atoms. The minimum absolute atomic E-state index is 0.0362. The summed E-state index contributed by atoms with van der Waals surface area (Å²) in [5, 5.41) is 9.97. The molecule has 0 aliphatic heterocycles. The van der Waals surface area contributed by atoms with E-state index in [0.29, 0.717) is 17.8 Å². The van der Waals surface area contributed by atoms with Gasteiger partial charge in [-0.2, -0.15) is 13.2 Å². The Morgan fingerprint density at radius 1 is 1.32 bits per heavy atom. The Morgan fingerprint density at radius 3 is 2.47 bits per heavy atom. The Balaban J connectivity index is 2.38. The van der Waals surface area contributed by atoms with E-state index in [4.69, 9.17) is 0 Å². The third-order valence-corrected chi connectivity index (χ3v) is 2.75. The number of hydrogen-bond donors (Lipinski definition) is 1. The molecule has 0 amide bonds. The molecule has 0 spiro atoms. The zero-order chi connectivity index (χ0) is 14.2. The molecule has 0 saturated carbocycles. The Kier molecular flexibility index (Phi) is 3.32. The summed E-state index contributed by atoms with van der Waals surface area (Å²) in [5.41, 5.74) is -0.957. The molecule has 1 atom stereocenters. The number of rotatable bonds is 2. The van der Waals surface area contributed by atoms with Gasteiger partial charge >= 0.3 is 6.18 Å². The van der Waals surface area contributed by atoms with Crippen molar-refractivity contribution in [1.82, 2.24) is 9.55 Å². The molecule has 2 rings (SSSR count). The molecule has 1 N–H and O–H groups in total. The lowest BCUT2D eigenvalue weighted by molar-refractivity contribution is -0.140. The second-order valence-corrected chi connectivity index (χ2v) is 4.07. The van der Waals surface area contributed by atoms with Gasteiger partial charge in [-0.3, -0.25) is 0 Å². The second kappa shape index (κ2) is 4.65. The van der Waals surface area contributed by atoms with Crippen LogP contribution in [0.2, 0.25) is 0 Å². The Bertz CT molecular complexity index is 592. The number of imidazole rings is 1. The number of halogens is 4. The summed E-state index contributed by atoms with van der Waals surface area (Å²) in [7, 11) is 1.62. The second-order valence-electron chi connectivity index (χ2n) is 4.07. The average Bonchev–Trinajstić information content (AvgIpc) is 2.72. The number of hydrogen-bond acceptors (Lipinski definition) is 2. The van der Waals surface area contributed by atoms with Crippen LogP contribution in [0.4, 0.5) is 17.6 Å². The van der Waals surface area contributed by atoms with E-state index in [-0.39, 0.29) is 5.56 Å². The smallest absolute Gasteiger partial charge is 0.382 e. The lowest BCUT2D eigenvalue weighted by Gasteiger charge is -2.14. The number of nitrogens with zero attached hydrogens (tertiary/aromatic N) is 2. The van der Waals surface area contributed by atoms with E-state index in [2.05, 4.69) is 4.98 Å². The van der Waals surface area contributed by atoms with Crippen molar-refractivity contribution in [2.75, 3.05) is 0 Å². The Hall–Kier alpha value is -1.89. The van der Waals surface area contributed by atoms with Crippen LogP contribution < -0.4 is 0 Å². The minimum atomic E-state index is -4.75. The zero-order valence-electron chi connectivity index (χ0n) is 9.82. The van der Waals surface area contributed by atoms with Crippen molar-refractivity contribution in [3.8, 4) is 0 Å². The van der Waals surface area contributed by atoms with E-state index in [9.17, 15) is 22.7 Å². The highest BCUT2D eigenvalue weighted by Crippen LogP contribution is 2.33. The standard InChI is InChI=1S/C12H10F4N2O/c1-18-6-17-5-10(18)11(19)7-2-3-8(9(13)4-7)12(14,15)16/h2-6,11,19H,1H3. The fourth-order valence-corrected chi connectivity index (χ4v) is 1.73. The van der Waals surface area contributed by atoms with Crippen molar-refractivity contribution in [2.45, 2.75) is 12.3 Å². The van der Waals surface area contributed by atoms with Crippen LogP contribution in [0.3, 0.4) is 0 Å². The largest absolute Gasteiger partial charge is 0.419 e. The highest BCUT2D eigenvalue weighted by Gasteiger charge is 2.34. The number of aliphatic hydroxyl groups excluding tert-OH is 1. The van der Waals surface area contributed by atoms with E-state index >= 15 is 0 Å². The fourth-order valence-electron chi connectivity index (χ4n) is 1.73. The van der Waals surface area contributed by atoms with Gasteiger partial charge in [0, 0.05) is 7.05 Å². The van der Waals surface area contributed by atoms with Crippen molar-refractivity contribution in [3.05, 3.63) is 53.4 Å². The monoisotopic (exact) mass is 274 g/mol. The molecule has 0 bridgehead atoms. The number of alkyl halides is 3. The van der Waals surface area contributed by atoms with Gasteiger partial charge in [-0.15, -0.1) is 0 Å². The lowest BCUT2D eigenvalue weighted by atomic mass is 10.0. The van der Waals surface area contributed by atoms with Crippen LogP contribution in [0.5, 0.6) is 0 Å². The molecule has 1 aromatic heterocycles. The Morgan fingerprint density at radius 2 is 2.00 bits per heavy atom. The molecule has 7 heteroatoms. The Labute approximate surface area is 106 Å². The summed E-state index contributed by atoms with van der Waals surface area (Å²) in [6.07, 6.45) is -3.19. The summed E-state index contributed by atoms with van der Waals surface area (Å²) in [6, 6.07) is 2.34. The first-order chi connectivity index (χ1) is 8.80. The molecule has 0 aliphatic rings. The fraction of sp³-hybridized carbons (Fsp3) is 0.250. The van der Waals surface area contributed by atoms with Crippen LogP contribution in [-0.4, -0.2) is 14.7 Å². The van der Waals surface area contributed by atoms with Gasteiger partial charge < -0.3 is 9.67 Å². The molecular weight excluding hydrogens is 264 g/mol. The van der Waals surface area contributed by atoms with E-state index in [1.54, 1.807) is 7.05 Å². The highest BCUT2D eigenvalue weighted by molar-refractivity contribution is 5.31. The third-order valence-electron chi connectivity index (χ3n) is 2.75. The average molecular weight is 274 g/mol. The molecule has 0 radical (unpaired) electrons. The minimum Gasteiger partial charge on any atom is -0.382 e. The number of benzene rings is 1. The topological polar surface area (TPSA) is 38.0 Å². The first-order valence-electron chi connectivity index (χ1n) is 5.31. The van der Waals surface area contributed by atoms with Crippen molar-refractivity contribution < 1.29 is 22.7 Å². The summed E-state index contributed by atoms with van der Waals surface area (Å²) >= 11 is 0. The maximum absolute atomic E-state index is 13.4. The summed E-state index contributed by atoms with van der Waals surface area (Å²) in [4.78, 5) is 3.78. The molecular formula is C12H10F4N2O. The van der Waals surface area contributed by atoms with Crippen LogP contribution in [0, 0.1) is 5.82 Å². The molecule has 0 aliphatic carbocycles. The quantitative estimate of drug-likeness (QED) is 0.855. The van der Waals surface area contributed by atoms with E-state index in [1.807, 2.05) is 0 Å². The van der Waals surface area contributed by atoms with E-state index in [0.717, 1.165) is 6.07 Å².